The van der Waals surface area contributed by atoms with Crippen LogP contribution in [0.4, 0.5) is 0 Å². The molecule has 0 bridgehead atoms. The summed E-state index contributed by atoms with van der Waals surface area (Å²) >= 11 is 5.14. The van der Waals surface area contributed by atoms with Crippen molar-refractivity contribution in [1.29, 1.82) is 0 Å². The van der Waals surface area contributed by atoms with Crippen LogP contribution in [0.5, 0.6) is 0 Å². The minimum absolute atomic E-state index is 0.264. The summed E-state index contributed by atoms with van der Waals surface area (Å²) in [5.41, 5.74) is 5.64. The normalized spacial score (nSPS) is 18.8. The first kappa shape index (κ1) is 14.9. The molecule has 0 spiro atoms. The number of halogens is 1. The lowest BCUT2D eigenvalue weighted by Crippen LogP contribution is -2.30. The van der Waals surface area contributed by atoms with Crippen LogP contribution < -0.4 is 5.73 Å². The minimum atomic E-state index is 0.264. The second-order valence-electron chi connectivity index (χ2n) is 4.78. The minimum Gasteiger partial charge on any atom is -0.342 e. The maximum absolute atomic E-state index is 12.0. The molecule has 3 nitrogen and oxygen atoms in total. The highest BCUT2D eigenvalue weighted by Crippen LogP contribution is 2.22. The molecule has 2 rings (SSSR count). The number of likely N-dealkylation sites (tertiary alicyclic amines) is 1. The molecular weight excluding hydrogens is 324 g/mol. The molecule has 1 aromatic carbocycles. The summed E-state index contributed by atoms with van der Waals surface area (Å²) in [6.45, 7) is 2.42. The lowest BCUT2D eigenvalue weighted by Gasteiger charge is -2.16. The van der Waals surface area contributed by atoms with E-state index in [1.165, 1.54) is 4.90 Å². The highest BCUT2D eigenvalue weighted by molar-refractivity contribution is 9.10. The first-order valence-corrected chi connectivity index (χ1v) is 8.33. The van der Waals surface area contributed by atoms with E-state index in [1.54, 1.807) is 11.8 Å². The van der Waals surface area contributed by atoms with Crippen LogP contribution in [0, 0.1) is 5.92 Å². The number of rotatable bonds is 5. The molecule has 19 heavy (non-hydrogen) atoms. The molecule has 104 valence electrons. The van der Waals surface area contributed by atoms with Gasteiger partial charge >= 0.3 is 0 Å². The summed E-state index contributed by atoms with van der Waals surface area (Å²) in [5.74, 6) is 1.60. The van der Waals surface area contributed by atoms with Gasteiger partial charge in [0.25, 0.3) is 0 Å². The van der Waals surface area contributed by atoms with E-state index >= 15 is 0 Å². The summed E-state index contributed by atoms with van der Waals surface area (Å²) in [6.07, 6.45) is 1.67. The Labute approximate surface area is 127 Å². The van der Waals surface area contributed by atoms with Gasteiger partial charge in [0.15, 0.2) is 0 Å². The van der Waals surface area contributed by atoms with Crippen LogP contribution in [-0.4, -0.2) is 36.2 Å². The Morgan fingerprint density at radius 2 is 2.16 bits per heavy atom. The number of nitrogens with zero attached hydrogens (tertiary/aromatic N) is 1. The highest BCUT2D eigenvalue weighted by atomic mass is 79.9. The Balaban J connectivity index is 1.71. The largest absolute Gasteiger partial charge is 0.342 e. The summed E-state index contributed by atoms with van der Waals surface area (Å²) in [4.78, 5) is 15.2. The van der Waals surface area contributed by atoms with Crippen molar-refractivity contribution < 1.29 is 4.79 Å². The van der Waals surface area contributed by atoms with Crippen molar-refractivity contribution in [2.75, 3.05) is 25.4 Å². The number of hydrogen-bond acceptors (Lipinski definition) is 3. The molecule has 1 atom stereocenters. The summed E-state index contributed by atoms with van der Waals surface area (Å²) < 4.78 is 1.08. The molecule has 5 heteroatoms. The van der Waals surface area contributed by atoms with E-state index in [4.69, 9.17) is 5.73 Å². The molecule has 0 aliphatic carbocycles. The SMILES string of the molecule is NCC1CCN(C(=O)CCSc2ccc(Br)cc2)C1. The van der Waals surface area contributed by atoms with Gasteiger partial charge < -0.3 is 10.6 Å². The van der Waals surface area contributed by atoms with Crippen molar-refractivity contribution in [3.63, 3.8) is 0 Å². The predicted molar refractivity (Wildman–Crippen MR) is 83.2 cm³/mol. The molecule has 2 N–H and O–H groups in total. The quantitative estimate of drug-likeness (QED) is 0.837. The van der Waals surface area contributed by atoms with Gasteiger partial charge in [-0.2, -0.15) is 0 Å². The van der Waals surface area contributed by atoms with E-state index in [2.05, 4.69) is 28.1 Å². The smallest absolute Gasteiger partial charge is 0.223 e. The van der Waals surface area contributed by atoms with E-state index in [9.17, 15) is 4.79 Å². The number of hydrogen-bond donors (Lipinski definition) is 1. The number of nitrogens with two attached hydrogens (primary N) is 1. The third-order valence-electron chi connectivity index (χ3n) is 3.37. The Morgan fingerprint density at radius 3 is 2.79 bits per heavy atom. The summed E-state index contributed by atoms with van der Waals surface area (Å²) in [5, 5.41) is 0. The highest BCUT2D eigenvalue weighted by Gasteiger charge is 2.24. The molecule has 0 saturated carbocycles. The van der Waals surface area contributed by atoms with Gasteiger partial charge in [0.05, 0.1) is 0 Å². The number of carbonyl (C=O) groups excluding carboxylic acids is 1. The van der Waals surface area contributed by atoms with Gasteiger partial charge in [-0.1, -0.05) is 15.9 Å². The number of carbonyl (C=O) groups is 1. The summed E-state index contributed by atoms with van der Waals surface area (Å²) in [6, 6.07) is 8.19. The zero-order chi connectivity index (χ0) is 13.7. The zero-order valence-electron chi connectivity index (χ0n) is 10.8. The topological polar surface area (TPSA) is 46.3 Å². The predicted octanol–water partition coefficient (Wildman–Crippen LogP) is 2.74. The zero-order valence-corrected chi connectivity index (χ0v) is 13.3. The molecule has 1 saturated heterocycles. The molecule has 0 aromatic heterocycles. The van der Waals surface area contributed by atoms with Gasteiger partial charge in [-0.15, -0.1) is 11.8 Å². The van der Waals surface area contributed by atoms with Crippen LogP contribution in [-0.2, 0) is 4.79 Å². The standard InChI is InChI=1S/C14H19BrN2OS/c15-12-1-3-13(4-2-12)19-8-6-14(18)17-7-5-11(9-16)10-17/h1-4,11H,5-10,16H2. The van der Waals surface area contributed by atoms with E-state index in [-0.39, 0.29) is 5.91 Å². The van der Waals surface area contributed by atoms with Crippen molar-refractivity contribution >= 4 is 33.6 Å². The Hall–Kier alpha value is -0.520. The van der Waals surface area contributed by atoms with E-state index in [0.29, 0.717) is 18.9 Å². The first-order valence-electron chi connectivity index (χ1n) is 6.55. The maximum Gasteiger partial charge on any atom is 0.223 e. The Kier molecular flexibility index (Phi) is 5.73. The molecule has 0 radical (unpaired) electrons. The maximum atomic E-state index is 12.0. The van der Waals surface area contributed by atoms with Crippen molar-refractivity contribution in [2.45, 2.75) is 17.7 Å². The fourth-order valence-corrected chi connectivity index (χ4v) is 3.30. The molecule has 1 aliphatic rings. The average Bonchev–Trinajstić information content (AvgIpc) is 2.90. The fourth-order valence-electron chi connectivity index (χ4n) is 2.20. The average molecular weight is 343 g/mol. The third kappa shape index (κ3) is 4.51. The van der Waals surface area contributed by atoms with E-state index in [0.717, 1.165) is 29.7 Å². The number of benzene rings is 1. The van der Waals surface area contributed by atoms with Gasteiger partial charge in [0.2, 0.25) is 5.91 Å². The van der Waals surface area contributed by atoms with Gasteiger partial charge in [-0.05, 0) is 43.1 Å². The van der Waals surface area contributed by atoms with Crippen LogP contribution in [0.3, 0.4) is 0 Å². The Morgan fingerprint density at radius 1 is 1.42 bits per heavy atom. The molecule has 1 aliphatic heterocycles. The second-order valence-corrected chi connectivity index (χ2v) is 6.87. The van der Waals surface area contributed by atoms with Gasteiger partial charge in [-0.25, -0.2) is 0 Å². The van der Waals surface area contributed by atoms with Crippen LogP contribution in [0.2, 0.25) is 0 Å². The van der Waals surface area contributed by atoms with Crippen molar-refractivity contribution in [3.8, 4) is 0 Å². The monoisotopic (exact) mass is 342 g/mol. The van der Waals surface area contributed by atoms with Crippen LogP contribution in [0.1, 0.15) is 12.8 Å². The third-order valence-corrected chi connectivity index (χ3v) is 4.91. The van der Waals surface area contributed by atoms with Gasteiger partial charge in [0, 0.05) is 34.6 Å². The second kappa shape index (κ2) is 7.31. The lowest BCUT2D eigenvalue weighted by molar-refractivity contribution is -0.129. The Bertz CT molecular complexity index is 424. The van der Waals surface area contributed by atoms with E-state index in [1.807, 2.05) is 17.0 Å². The van der Waals surface area contributed by atoms with Crippen molar-refractivity contribution in [2.24, 2.45) is 11.7 Å². The molecule has 1 fully saturated rings. The van der Waals surface area contributed by atoms with Crippen LogP contribution in [0.15, 0.2) is 33.6 Å². The molecular formula is C14H19BrN2OS. The van der Waals surface area contributed by atoms with Crippen LogP contribution >= 0.6 is 27.7 Å². The number of thioether (sulfide) groups is 1. The fraction of sp³-hybridized carbons (Fsp3) is 0.500. The number of amides is 1. The van der Waals surface area contributed by atoms with Crippen molar-refractivity contribution in [3.05, 3.63) is 28.7 Å². The van der Waals surface area contributed by atoms with Crippen molar-refractivity contribution in [1.82, 2.24) is 4.90 Å². The van der Waals surface area contributed by atoms with Gasteiger partial charge in [0.1, 0.15) is 0 Å². The van der Waals surface area contributed by atoms with Gasteiger partial charge in [-0.3, -0.25) is 4.79 Å². The summed E-state index contributed by atoms with van der Waals surface area (Å²) in [7, 11) is 0. The molecule has 1 aromatic rings. The van der Waals surface area contributed by atoms with E-state index < -0.39 is 0 Å². The molecule has 1 heterocycles. The lowest BCUT2D eigenvalue weighted by atomic mass is 10.1. The first-order chi connectivity index (χ1) is 9.19. The molecule has 1 amide bonds. The molecule has 1 unspecified atom stereocenters. The van der Waals surface area contributed by atoms with Crippen LogP contribution in [0.25, 0.3) is 0 Å².